The van der Waals surface area contributed by atoms with Crippen LogP contribution in [0.5, 0.6) is 0 Å². The summed E-state index contributed by atoms with van der Waals surface area (Å²) in [5, 5.41) is -0.249. The largest absolute Gasteiger partial charge is 0.460 e. The third kappa shape index (κ3) is 5.83. The van der Waals surface area contributed by atoms with Crippen molar-refractivity contribution >= 4 is 29.1 Å². The van der Waals surface area contributed by atoms with Crippen molar-refractivity contribution in [3.63, 3.8) is 0 Å². The van der Waals surface area contributed by atoms with Crippen LogP contribution in [-0.4, -0.2) is 40.1 Å². The van der Waals surface area contributed by atoms with Crippen molar-refractivity contribution in [2.75, 3.05) is 19.5 Å². The van der Waals surface area contributed by atoms with Crippen LogP contribution in [0.25, 0.3) is 11.4 Å². The number of nitrogens with two attached hydrogens (primary N) is 1. The smallest absolute Gasteiger partial charge is 0.259 e. The van der Waals surface area contributed by atoms with Crippen molar-refractivity contribution in [3.8, 4) is 11.4 Å². The molecule has 0 fully saturated rings. The van der Waals surface area contributed by atoms with Crippen molar-refractivity contribution in [3.05, 3.63) is 76.9 Å². The molecule has 1 amide bonds. The quantitative estimate of drug-likeness (QED) is 0.457. The molecule has 0 aliphatic rings. The number of anilines is 1. The van der Waals surface area contributed by atoms with E-state index in [2.05, 4.69) is 9.97 Å². The first-order valence-electron chi connectivity index (χ1n) is 9.86. The van der Waals surface area contributed by atoms with Gasteiger partial charge in [-0.25, -0.2) is 9.97 Å². The zero-order valence-electron chi connectivity index (χ0n) is 17.9. The molecule has 0 aliphatic heterocycles. The minimum absolute atomic E-state index is 0.169. The average Bonchev–Trinajstić information content (AvgIpc) is 3.36. The second kappa shape index (κ2) is 11.3. The molecule has 1 aromatic carbocycles. The van der Waals surface area contributed by atoms with Crippen LogP contribution in [0.2, 0.25) is 0 Å². The number of allylic oxidation sites excluding steroid dienone is 1. The van der Waals surface area contributed by atoms with E-state index in [0.717, 1.165) is 17.3 Å². The van der Waals surface area contributed by atoms with Crippen LogP contribution in [-0.2, 0) is 16.1 Å². The zero-order valence-corrected chi connectivity index (χ0v) is 18.7. The molecule has 0 bridgehead atoms. The lowest BCUT2D eigenvalue weighted by molar-refractivity contribution is -0.116. The first-order chi connectivity index (χ1) is 15.5. The number of aromatic nitrogens is 2. The fourth-order valence-corrected chi connectivity index (χ4v) is 3.80. The number of carbonyl (C=O) groups excluding carboxylic acids is 2. The normalized spacial score (nSPS) is 11.7. The van der Waals surface area contributed by atoms with Gasteiger partial charge in [-0.3, -0.25) is 9.59 Å². The first-order valence-corrected chi connectivity index (χ1v) is 10.7. The highest BCUT2D eigenvalue weighted by molar-refractivity contribution is 8.17. The van der Waals surface area contributed by atoms with Gasteiger partial charge in [0.1, 0.15) is 5.82 Å². The molecule has 0 radical (unpaired) electrons. The van der Waals surface area contributed by atoms with Gasteiger partial charge in [0, 0.05) is 41.5 Å². The summed E-state index contributed by atoms with van der Waals surface area (Å²) in [4.78, 5) is 35.4. The molecule has 2 aromatic heterocycles. The fraction of sp³-hybridized carbons (Fsp3) is 0.217. The van der Waals surface area contributed by atoms with E-state index in [-0.39, 0.29) is 23.2 Å². The number of benzene rings is 1. The summed E-state index contributed by atoms with van der Waals surface area (Å²) in [6.07, 6.45) is 4.22. The van der Waals surface area contributed by atoms with Gasteiger partial charge in [-0.2, -0.15) is 0 Å². The number of hydrogen-bond donors (Lipinski definition) is 1. The monoisotopic (exact) mass is 452 g/mol. The molecule has 3 rings (SSSR count). The zero-order chi connectivity index (χ0) is 22.9. The first kappa shape index (κ1) is 23.2. The number of methoxy groups -OCH3 is 1. The van der Waals surface area contributed by atoms with E-state index in [1.54, 1.807) is 32.4 Å². The SMILES string of the molecule is COCC/C(SC(=O)c1ccco1)=C(\C)N(C=O)Cc1cnc(-c2ccccc2)nc1N. The maximum atomic E-state index is 12.5. The Kier molecular flexibility index (Phi) is 8.18. The summed E-state index contributed by atoms with van der Waals surface area (Å²) in [7, 11) is 1.58. The highest BCUT2D eigenvalue weighted by Gasteiger charge is 2.19. The summed E-state index contributed by atoms with van der Waals surface area (Å²) >= 11 is 1.01. The molecule has 0 spiro atoms. The van der Waals surface area contributed by atoms with Gasteiger partial charge in [0.25, 0.3) is 5.12 Å². The van der Waals surface area contributed by atoms with E-state index in [1.165, 1.54) is 11.2 Å². The number of nitrogens with zero attached hydrogens (tertiary/aromatic N) is 3. The van der Waals surface area contributed by atoms with Gasteiger partial charge in [-0.1, -0.05) is 30.3 Å². The summed E-state index contributed by atoms with van der Waals surface area (Å²) in [6.45, 7) is 2.34. The third-order valence-electron chi connectivity index (χ3n) is 4.70. The Bertz CT molecular complexity index is 1080. The minimum Gasteiger partial charge on any atom is -0.460 e. The molecule has 2 heterocycles. The molecule has 9 heteroatoms. The van der Waals surface area contributed by atoms with E-state index in [0.29, 0.717) is 41.4 Å². The molecule has 0 atom stereocenters. The van der Waals surface area contributed by atoms with Gasteiger partial charge in [0.2, 0.25) is 6.41 Å². The van der Waals surface area contributed by atoms with Crippen LogP contribution in [0.3, 0.4) is 0 Å². The number of thioether (sulfide) groups is 1. The van der Waals surface area contributed by atoms with Crippen LogP contribution < -0.4 is 5.73 Å². The average molecular weight is 453 g/mol. The second-order valence-electron chi connectivity index (χ2n) is 6.82. The topological polar surface area (TPSA) is 112 Å². The Hall–Kier alpha value is -3.43. The van der Waals surface area contributed by atoms with Gasteiger partial charge in [0.05, 0.1) is 19.4 Å². The summed E-state index contributed by atoms with van der Waals surface area (Å²) in [5.41, 5.74) is 8.23. The van der Waals surface area contributed by atoms with E-state index >= 15 is 0 Å². The van der Waals surface area contributed by atoms with Crippen molar-refractivity contribution in [2.24, 2.45) is 0 Å². The number of hydrogen-bond acceptors (Lipinski definition) is 8. The van der Waals surface area contributed by atoms with Crippen molar-refractivity contribution in [1.29, 1.82) is 0 Å². The maximum Gasteiger partial charge on any atom is 0.259 e. The maximum absolute atomic E-state index is 12.5. The molecule has 8 nitrogen and oxygen atoms in total. The molecule has 0 aliphatic carbocycles. The van der Waals surface area contributed by atoms with Gasteiger partial charge in [-0.15, -0.1) is 0 Å². The van der Waals surface area contributed by atoms with Crippen LogP contribution in [0.4, 0.5) is 5.82 Å². The van der Waals surface area contributed by atoms with E-state index in [1.807, 2.05) is 30.3 Å². The Morgan fingerprint density at radius 3 is 2.66 bits per heavy atom. The van der Waals surface area contributed by atoms with Gasteiger partial charge in [0.15, 0.2) is 11.6 Å². The van der Waals surface area contributed by atoms with E-state index < -0.39 is 0 Å². The van der Waals surface area contributed by atoms with Crippen LogP contribution in [0, 0.1) is 0 Å². The molecule has 2 N–H and O–H groups in total. The summed E-state index contributed by atoms with van der Waals surface area (Å²) in [6, 6.07) is 12.8. The Morgan fingerprint density at radius 2 is 2.03 bits per heavy atom. The number of furan rings is 1. The summed E-state index contributed by atoms with van der Waals surface area (Å²) < 4.78 is 10.4. The number of rotatable bonds is 10. The molecule has 3 aromatic rings. The molecule has 166 valence electrons. The Labute approximate surface area is 190 Å². The number of ether oxygens (including phenoxy) is 1. The molecular weight excluding hydrogens is 428 g/mol. The molecule has 0 saturated carbocycles. The summed E-state index contributed by atoms with van der Waals surface area (Å²) in [5.74, 6) is 1.04. The number of amides is 1. The lowest BCUT2D eigenvalue weighted by atomic mass is 10.2. The lowest BCUT2D eigenvalue weighted by Gasteiger charge is -2.22. The predicted octanol–water partition coefficient (Wildman–Crippen LogP) is 4.12. The molecule has 32 heavy (non-hydrogen) atoms. The lowest BCUT2D eigenvalue weighted by Crippen LogP contribution is -2.22. The van der Waals surface area contributed by atoms with E-state index in [9.17, 15) is 9.59 Å². The van der Waals surface area contributed by atoms with Gasteiger partial charge in [-0.05, 0) is 30.8 Å². The highest BCUT2D eigenvalue weighted by atomic mass is 32.2. The Balaban J connectivity index is 1.83. The van der Waals surface area contributed by atoms with Gasteiger partial charge < -0.3 is 19.8 Å². The van der Waals surface area contributed by atoms with Crippen molar-refractivity contribution < 1.29 is 18.7 Å². The standard InChI is InChI=1S/C23H24N4O4S/c1-16(20(10-12-30-2)32-23(29)19-9-6-11-31-19)27(15-28)14-18-13-25-22(26-21(18)24)17-7-4-3-5-8-17/h3-9,11,13,15H,10,12,14H2,1-2H3,(H2,24,25,26)/b20-16-. The minimum atomic E-state index is -0.249. The molecule has 0 saturated heterocycles. The fourth-order valence-electron chi connectivity index (χ4n) is 2.90. The van der Waals surface area contributed by atoms with E-state index in [4.69, 9.17) is 14.9 Å². The van der Waals surface area contributed by atoms with Crippen LogP contribution in [0.1, 0.15) is 29.5 Å². The molecular formula is C23H24N4O4S. The molecule has 0 unspecified atom stereocenters. The third-order valence-corrected chi connectivity index (χ3v) is 5.84. The van der Waals surface area contributed by atoms with Crippen molar-refractivity contribution in [2.45, 2.75) is 19.9 Å². The van der Waals surface area contributed by atoms with Gasteiger partial charge >= 0.3 is 0 Å². The predicted molar refractivity (Wildman–Crippen MR) is 123 cm³/mol. The Morgan fingerprint density at radius 1 is 1.25 bits per heavy atom. The number of nitrogen functional groups attached to an aromatic ring is 1. The van der Waals surface area contributed by atoms with Crippen LogP contribution in [0.15, 0.2) is 69.9 Å². The highest BCUT2D eigenvalue weighted by Crippen LogP contribution is 2.30. The van der Waals surface area contributed by atoms with Crippen LogP contribution >= 0.6 is 11.8 Å². The van der Waals surface area contributed by atoms with Crippen molar-refractivity contribution in [1.82, 2.24) is 14.9 Å². The second-order valence-corrected chi connectivity index (χ2v) is 7.89. The number of carbonyl (C=O) groups is 2.